The summed E-state index contributed by atoms with van der Waals surface area (Å²) in [6.07, 6.45) is 1.70. The molecule has 0 unspecified atom stereocenters. The van der Waals surface area contributed by atoms with Gasteiger partial charge in [-0.2, -0.15) is 0 Å². The number of benzene rings is 3. The van der Waals surface area contributed by atoms with Gasteiger partial charge in [-0.3, -0.25) is 25.4 Å². The van der Waals surface area contributed by atoms with Crippen molar-refractivity contribution in [3.8, 4) is 5.75 Å². The summed E-state index contributed by atoms with van der Waals surface area (Å²) in [6.45, 7) is 3.62. The first-order valence-electron chi connectivity index (χ1n) is 13.6. The van der Waals surface area contributed by atoms with Crippen molar-refractivity contribution in [2.45, 2.75) is 6.54 Å². The van der Waals surface area contributed by atoms with E-state index in [1.54, 1.807) is 18.2 Å². The van der Waals surface area contributed by atoms with Crippen molar-refractivity contribution in [1.29, 1.82) is 10.8 Å². The number of para-hydroxylation sites is 2. The minimum atomic E-state index is -0.00126. The maximum absolute atomic E-state index is 13.0. The van der Waals surface area contributed by atoms with Crippen LogP contribution < -0.4 is 15.0 Å². The van der Waals surface area contributed by atoms with Crippen LogP contribution in [0.3, 0.4) is 0 Å². The number of fused-ring (bicyclic) bond motifs is 2. The average molecular weight is 546 g/mol. The summed E-state index contributed by atoms with van der Waals surface area (Å²) in [7, 11) is 1.58. The molecule has 2 aliphatic heterocycles. The van der Waals surface area contributed by atoms with E-state index in [9.17, 15) is 4.79 Å². The zero-order chi connectivity index (χ0) is 28.3. The van der Waals surface area contributed by atoms with Crippen LogP contribution >= 0.6 is 0 Å². The SMILES string of the molecule is COc1ccccc1C(=O)N1CCN(Cc2ccc(C(=N)N3C(=N)c4ccccc4Nc4ncccc43)cc2)CC1. The van der Waals surface area contributed by atoms with Gasteiger partial charge in [0.05, 0.1) is 24.0 Å². The first kappa shape index (κ1) is 26.2. The number of pyridine rings is 1. The Kier molecular flexibility index (Phi) is 7.18. The highest BCUT2D eigenvalue weighted by Crippen LogP contribution is 2.35. The van der Waals surface area contributed by atoms with Gasteiger partial charge >= 0.3 is 0 Å². The largest absolute Gasteiger partial charge is 0.496 e. The van der Waals surface area contributed by atoms with Crippen LogP contribution in [0.1, 0.15) is 27.0 Å². The van der Waals surface area contributed by atoms with Gasteiger partial charge in [0.2, 0.25) is 0 Å². The molecule has 1 fully saturated rings. The Morgan fingerprint density at radius 1 is 0.927 bits per heavy atom. The number of hydrogen-bond donors (Lipinski definition) is 3. The summed E-state index contributed by atoms with van der Waals surface area (Å²) in [5.74, 6) is 1.62. The molecular weight excluding hydrogens is 514 g/mol. The van der Waals surface area contributed by atoms with E-state index in [2.05, 4.69) is 15.2 Å². The van der Waals surface area contributed by atoms with Crippen molar-refractivity contribution in [1.82, 2.24) is 14.8 Å². The Hall–Kier alpha value is -5.02. The lowest BCUT2D eigenvalue weighted by Crippen LogP contribution is -2.48. The minimum absolute atomic E-state index is 0.00126. The fourth-order valence-electron chi connectivity index (χ4n) is 5.33. The van der Waals surface area contributed by atoms with Crippen molar-refractivity contribution in [2.75, 3.05) is 43.5 Å². The molecule has 3 heterocycles. The Morgan fingerprint density at radius 2 is 1.66 bits per heavy atom. The van der Waals surface area contributed by atoms with Crippen LogP contribution in [0.15, 0.2) is 91.1 Å². The molecule has 1 amide bonds. The summed E-state index contributed by atoms with van der Waals surface area (Å²) in [5.41, 5.74) is 4.58. The number of ether oxygens (including phenoxy) is 1. The molecule has 41 heavy (non-hydrogen) atoms. The molecule has 6 rings (SSSR count). The number of carbonyl (C=O) groups is 1. The molecule has 1 saturated heterocycles. The zero-order valence-corrected chi connectivity index (χ0v) is 22.8. The van der Waals surface area contributed by atoms with Crippen molar-refractivity contribution in [3.63, 3.8) is 0 Å². The summed E-state index contributed by atoms with van der Waals surface area (Å²) in [5, 5.41) is 21.4. The van der Waals surface area contributed by atoms with E-state index in [0.29, 0.717) is 47.0 Å². The number of hydrogen-bond acceptors (Lipinski definition) is 7. The molecule has 0 aliphatic carbocycles. The topological polar surface area (TPSA) is 109 Å². The molecule has 3 N–H and O–H groups in total. The molecule has 0 atom stereocenters. The summed E-state index contributed by atoms with van der Waals surface area (Å²) in [4.78, 5) is 23.4. The number of methoxy groups -OCH3 is 1. The van der Waals surface area contributed by atoms with Gasteiger partial charge in [0, 0.05) is 50.0 Å². The number of amidine groups is 2. The molecule has 4 aromatic rings. The third-order valence-electron chi connectivity index (χ3n) is 7.54. The van der Waals surface area contributed by atoms with E-state index in [-0.39, 0.29) is 17.6 Å². The van der Waals surface area contributed by atoms with Crippen molar-refractivity contribution in [2.24, 2.45) is 0 Å². The molecule has 1 aromatic heterocycles. The third kappa shape index (κ3) is 5.15. The highest BCUT2D eigenvalue weighted by molar-refractivity contribution is 6.30. The van der Waals surface area contributed by atoms with E-state index < -0.39 is 0 Å². The van der Waals surface area contributed by atoms with E-state index in [1.165, 1.54) is 0 Å². The van der Waals surface area contributed by atoms with E-state index in [1.807, 2.05) is 89.8 Å². The number of rotatable bonds is 5. The second-order valence-corrected chi connectivity index (χ2v) is 10.0. The maximum atomic E-state index is 13.0. The van der Waals surface area contributed by atoms with E-state index >= 15 is 0 Å². The van der Waals surface area contributed by atoms with Gasteiger partial charge in [0.1, 0.15) is 17.4 Å². The number of anilines is 3. The Labute approximate surface area is 239 Å². The fraction of sp³-hybridized carbons (Fsp3) is 0.188. The molecular formula is C32H31N7O2. The monoisotopic (exact) mass is 545 g/mol. The molecule has 0 bridgehead atoms. The van der Waals surface area contributed by atoms with Gasteiger partial charge in [-0.15, -0.1) is 0 Å². The molecule has 3 aromatic carbocycles. The third-order valence-corrected chi connectivity index (χ3v) is 7.54. The molecule has 9 heteroatoms. The second-order valence-electron chi connectivity index (χ2n) is 10.0. The van der Waals surface area contributed by atoms with Gasteiger partial charge in [-0.25, -0.2) is 4.98 Å². The normalized spacial score (nSPS) is 14.9. The number of piperazine rings is 1. The predicted octanol–water partition coefficient (Wildman–Crippen LogP) is 4.96. The quantitative estimate of drug-likeness (QED) is 0.242. The number of nitrogens with zero attached hydrogens (tertiary/aromatic N) is 4. The lowest BCUT2D eigenvalue weighted by atomic mass is 10.1. The van der Waals surface area contributed by atoms with Gasteiger partial charge in [0.15, 0.2) is 5.82 Å². The molecule has 2 aliphatic rings. The van der Waals surface area contributed by atoms with Gasteiger partial charge < -0.3 is 15.0 Å². The molecule has 0 spiro atoms. The zero-order valence-electron chi connectivity index (χ0n) is 22.8. The van der Waals surface area contributed by atoms with Gasteiger partial charge in [-0.1, -0.05) is 48.5 Å². The van der Waals surface area contributed by atoms with Crippen LogP contribution in [-0.4, -0.2) is 65.7 Å². The minimum Gasteiger partial charge on any atom is -0.496 e. The van der Waals surface area contributed by atoms with E-state index in [0.717, 1.165) is 30.9 Å². The van der Waals surface area contributed by atoms with Crippen molar-refractivity contribution < 1.29 is 9.53 Å². The van der Waals surface area contributed by atoms with Crippen molar-refractivity contribution >= 4 is 34.8 Å². The first-order chi connectivity index (χ1) is 20.0. The molecule has 9 nitrogen and oxygen atoms in total. The lowest BCUT2D eigenvalue weighted by Gasteiger charge is -2.35. The Morgan fingerprint density at radius 3 is 2.44 bits per heavy atom. The highest BCUT2D eigenvalue weighted by atomic mass is 16.5. The Balaban J connectivity index is 1.13. The number of aromatic nitrogens is 1. The molecule has 206 valence electrons. The van der Waals surface area contributed by atoms with Gasteiger partial charge in [0.25, 0.3) is 5.91 Å². The second kappa shape index (κ2) is 11.2. The first-order valence-corrected chi connectivity index (χ1v) is 13.6. The number of carbonyl (C=O) groups excluding carboxylic acids is 1. The average Bonchev–Trinajstić information content (AvgIpc) is 3.14. The number of nitrogens with one attached hydrogen (secondary N) is 3. The molecule has 0 saturated carbocycles. The standard InChI is InChI=1S/C32H31N7O2/c1-41-28-11-5-3-8-25(28)32(40)38-19-17-37(18-20-38)21-22-12-14-23(15-13-22)29(33)39-27-10-6-16-35-31(27)36-26-9-4-2-7-24(26)30(39)34/h2-16,33-34H,17-21H2,1H3,(H,35,36). The summed E-state index contributed by atoms with van der Waals surface area (Å²) < 4.78 is 5.37. The van der Waals surface area contributed by atoms with Crippen LogP contribution in [0.2, 0.25) is 0 Å². The Bertz CT molecular complexity index is 1610. The molecule has 0 radical (unpaired) electrons. The van der Waals surface area contributed by atoms with Crippen molar-refractivity contribution in [3.05, 3.63) is 113 Å². The van der Waals surface area contributed by atoms with Gasteiger partial charge in [-0.05, 0) is 42.0 Å². The van der Waals surface area contributed by atoms with Crippen LogP contribution in [0.5, 0.6) is 5.75 Å². The maximum Gasteiger partial charge on any atom is 0.257 e. The summed E-state index contributed by atoms with van der Waals surface area (Å²) in [6, 6.07) is 26.6. The fourth-order valence-corrected chi connectivity index (χ4v) is 5.33. The summed E-state index contributed by atoms with van der Waals surface area (Å²) >= 11 is 0. The van der Waals surface area contributed by atoms with E-state index in [4.69, 9.17) is 15.6 Å². The smallest absolute Gasteiger partial charge is 0.257 e. The van der Waals surface area contributed by atoms with Crippen LogP contribution in [0, 0.1) is 10.8 Å². The van der Waals surface area contributed by atoms with Crippen LogP contribution in [0.25, 0.3) is 0 Å². The van der Waals surface area contributed by atoms with Crippen LogP contribution in [0.4, 0.5) is 17.2 Å². The predicted molar refractivity (Wildman–Crippen MR) is 161 cm³/mol. The van der Waals surface area contributed by atoms with Crippen LogP contribution in [-0.2, 0) is 6.54 Å². The number of amides is 1. The lowest BCUT2D eigenvalue weighted by molar-refractivity contribution is 0.0625. The highest BCUT2D eigenvalue weighted by Gasteiger charge is 2.28.